The lowest BCUT2D eigenvalue weighted by Gasteiger charge is -2.43. The van der Waals surface area contributed by atoms with Gasteiger partial charge in [0.2, 0.25) is 11.0 Å². The second-order valence-electron chi connectivity index (χ2n) is 7.08. The van der Waals surface area contributed by atoms with Crippen LogP contribution in [0.5, 0.6) is 0 Å². The Kier molecular flexibility index (Phi) is 6.17. The number of fused-ring (bicyclic) bond motifs is 2. The summed E-state index contributed by atoms with van der Waals surface area (Å²) in [6.07, 6.45) is 5.32. The number of anilines is 1. The number of nitrogens with zero attached hydrogens (tertiary/aromatic N) is 2. The number of aromatic nitrogens is 2. The van der Waals surface area contributed by atoms with Crippen LogP contribution in [0.4, 0.5) is 5.13 Å². The van der Waals surface area contributed by atoms with Gasteiger partial charge in [-0.25, -0.2) is 0 Å². The second kappa shape index (κ2) is 8.21. The minimum atomic E-state index is 0. The molecule has 0 aliphatic heterocycles. The van der Waals surface area contributed by atoms with E-state index in [2.05, 4.69) is 15.5 Å². The van der Waals surface area contributed by atoms with E-state index in [1.54, 1.807) is 0 Å². The third-order valence-corrected chi connectivity index (χ3v) is 6.74. The van der Waals surface area contributed by atoms with Crippen LogP contribution in [-0.4, -0.2) is 22.1 Å². The van der Waals surface area contributed by atoms with Crippen molar-refractivity contribution in [3.8, 4) is 10.6 Å². The molecule has 1 heterocycles. The number of hydrogen-bond donors (Lipinski definition) is 2. The maximum atomic E-state index is 12.7. The van der Waals surface area contributed by atoms with Crippen LogP contribution in [0, 0.1) is 17.8 Å². The topological polar surface area (TPSA) is 80.9 Å². The maximum absolute atomic E-state index is 12.7. The quantitative estimate of drug-likeness (QED) is 0.783. The van der Waals surface area contributed by atoms with Crippen LogP contribution >= 0.6 is 35.3 Å². The number of hydrogen-bond acceptors (Lipinski definition) is 5. The maximum Gasteiger partial charge on any atom is 0.229 e. The smallest absolute Gasteiger partial charge is 0.229 e. The van der Waals surface area contributed by atoms with Crippen molar-refractivity contribution in [1.29, 1.82) is 0 Å². The fraction of sp³-hybridized carbons (Fsp3) is 0.500. The molecule has 4 rings (SSSR count). The molecule has 26 heavy (non-hydrogen) atoms. The number of nitrogens with one attached hydrogen (secondary N) is 1. The van der Waals surface area contributed by atoms with Crippen LogP contribution in [0.1, 0.15) is 32.1 Å². The highest BCUT2D eigenvalue weighted by Gasteiger charge is 2.40. The van der Waals surface area contributed by atoms with E-state index in [0.717, 1.165) is 31.2 Å². The number of carbonyl (C=O) groups is 1. The summed E-state index contributed by atoms with van der Waals surface area (Å²) in [6.45, 7) is 0. The Labute approximate surface area is 168 Å². The number of amides is 1. The molecule has 2 bridgehead atoms. The van der Waals surface area contributed by atoms with Crippen LogP contribution in [0.2, 0.25) is 5.02 Å². The van der Waals surface area contributed by atoms with Gasteiger partial charge in [-0.2, -0.15) is 0 Å². The van der Waals surface area contributed by atoms with Crippen molar-refractivity contribution in [2.75, 3.05) is 5.32 Å². The average Bonchev–Trinajstić information content (AvgIpc) is 3.03. The van der Waals surface area contributed by atoms with Gasteiger partial charge in [-0.15, -0.1) is 22.6 Å². The van der Waals surface area contributed by atoms with Crippen molar-refractivity contribution >= 4 is 46.4 Å². The summed E-state index contributed by atoms with van der Waals surface area (Å²) in [5, 5.41) is 13.1. The molecule has 0 saturated heterocycles. The number of nitrogens with two attached hydrogens (primary N) is 1. The molecule has 1 aromatic carbocycles. The first-order valence-corrected chi connectivity index (χ1v) is 9.96. The van der Waals surface area contributed by atoms with Gasteiger partial charge in [0.1, 0.15) is 0 Å². The van der Waals surface area contributed by atoms with E-state index in [1.165, 1.54) is 17.8 Å². The normalized spacial score (nSPS) is 27.5. The number of benzene rings is 1. The van der Waals surface area contributed by atoms with E-state index in [9.17, 15) is 4.79 Å². The van der Waals surface area contributed by atoms with Gasteiger partial charge in [0.05, 0.1) is 5.02 Å². The molecule has 2 aliphatic carbocycles. The molecule has 3 N–H and O–H groups in total. The van der Waals surface area contributed by atoms with E-state index in [-0.39, 0.29) is 30.3 Å². The van der Waals surface area contributed by atoms with Gasteiger partial charge in [0.15, 0.2) is 5.01 Å². The number of carbonyl (C=O) groups excluding carboxylic acids is 1. The van der Waals surface area contributed by atoms with Crippen molar-refractivity contribution in [2.24, 2.45) is 23.5 Å². The second-order valence-corrected chi connectivity index (χ2v) is 8.46. The Morgan fingerprint density at radius 1 is 1.19 bits per heavy atom. The summed E-state index contributed by atoms with van der Waals surface area (Å²) in [6, 6.07) is 7.77. The zero-order valence-corrected chi connectivity index (χ0v) is 16.6. The summed E-state index contributed by atoms with van der Waals surface area (Å²) in [5.41, 5.74) is 7.15. The fourth-order valence-electron chi connectivity index (χ4n) is 4.23. The van der Waals surface area contributed by atoms with E-state index in [0.29, 0.717) is 27.0 Å². The molecule has 2 fully saturated rings. The van der Waals surface area contributed by atoms with Gasteiger partial charge in [-0.05, 0) is 43.6 Å². The number of halogens is 2. The molecule has 2 unspecified atom stereocenters. The average molecular weight is 413 g/mol. The minimum absolute atomic E-state index is 0. The Morgan fingerprint density at radius 2 is 1.88 bits per heavy atom. The van der Waals surface area contributed by atoms with Gasteiger partial charge < -0.3 is 11.1 Å². The predicted molar refractivity (Wildman–Crippen MR) is 108 cm³/mol. The first-order chi connectivity index (χ1) is 12.1. The molecule has 0 radical (unpaired) electrons. The van der Waals surface area contributed by atoms with Gasteiger partial charge in [0, 0.05) is 17.5 Å². The van der Waals surface area contributed by atoms with E-state index in [4.69, 9.17) is 17.3 Å². The van der Waals surface area contributed by atoms with Crippen LogP contribution in [0.3, 0.4) is 0 Å². The third-order valence-electron chi connectivity index (χ3n) is 5.54. The van der Waals surface area contributed by atoms with Crippen LogP contribution in [-0.2, 0) is 4.79 Å². The fourth-order valence-corrected chi connectivity index (χ4v) is 5.30. The molecule has 140 valence electrons. The first-order valence-electron chi connectivity index (χ1n) is 8.76. The lowest BCUT2D eigenvalue weighted by atomic mass is 9.65. The summed E-state index contributed by atoms with van der Waals surface area (Å²) >= 11 is 7.55. The highest BCUT2D eigenvalue weighted by molar-refractivity contribution is 7.18. The van der Waals surface area contributed by atoms with Gasteiger partial charge in [-0.1, -0.05) is 47.6 Å². The van der Waals surface area contributed by atoms with E-state index < -0.39 is 0 Å². The first kappa shape index (κ1) is 19.5. The molecule has 2 atom stereocenters. The highest BCUT2D eigenvalue weighted by Crippen LogP contribution is 2.42. The zero-order chi connectivity index (χ0) is 17.4. The lowest BCUT2D eigenvalue weighted by molar-refractivity contribution is -0.122. The van der Waals surface area contributed by atoms with Gasteiger partial charge >= 0.3 is 0 Å². The van der Waals surface area contributed by atoms with Crippen LogP contribution in [0.15, 0.2) is 24.3 Å². The monoisotopic (exact) mass is 412 g/mol. The van der Waals surface area contributed by atoms with Crippen molar-refractivity contribution in [3.63, 3.8) is 0 Å². The van der Waals surface area contributed by atoms with Crippen LogP contribution in [0.25, 0.3) is 10.6 Å². The largest absolute Gasteiger partial charge is 0.327 e. The Balaban J connectivity index is 0.00000196. The Hall–Kier alpha value is -1.21. The number of rotatable bonds is 3. The Bertz CT molecular complexity index is 770. The molecule has 2 aliphatic rings. The van der Waals surface area contributed by atoms with E-state index in [1.807, 2.05) is 24.3 Å². The molecule has 2 aromatic rings. The predicted octanol–water partition coefficient (Wildman–Crippen LogP) is 4.37. The molecule has 1 aromatic heterocycles. The van der Waals surface area contributed by atoms with Crippen molar-refractivity contribution in [1.82, 2.24) is 10.2 Å². The molecule has 5 nitrogen and oxygen atoms in total. The Morgan fingerprint density at radius 3 is 2.58 bits per heavy atom. The van der Waals surface area contributed by atoms with Crippen LogP contribution < -0.4 is 11.1 Å². The lowest BCUT2D eigenvalue weighted by Crippen LogP contribution is -2.48. The molecule has 2 saturated carbocycles. The van der Waals surface area contributed by atoms with Crippen molar-refractivity contribution < 1.29 is 4.79 Å². The standard InChI is InChI=1S/C18H21ClN4OS.ClH/c19-14-7-2-1-6-13(14)17-22-23-18(25-17)21-16(24)12-8-10-4-3-5-11(9-12)15(10)20;/h1-2,6-7,10-12,15H,3-5,8-9,20H2,(H,21,23,24);1H. The molecule has 1 amide bonds. The van der Waals surface area contributed by atoms with Crippen molar-refractivity contribution in [2.45, 2.75) is 38.1 Å². The highest BCUT2D eigenvalue weighted by atomic mass is 35.5. The summed E-state index contributed by atoms with van der Waals surface area (Å²) < 4.78 is 0. The van der Waals surface area contributed by atoms with Gasteiger partial charge in [-0.3, -0.25) is 4.79 Å². The summed E-state index contributed by atoms with van der Waals surface area (Å²) in [4.78, 5) is 12.7. The molecular weight excluding hydrogens is 391 g/mol. The summed E-state index contributed by atoms with van der Waals surface area (Å²) in [5.74, 6) is 1.04. The zero-order valence-electron chi connectivity index (χ0n) is 14.2. The molecule has 0 spiro atoms. The molecule has 8 heteroatoms. The summed E-state index contributed by atoms with van der Waals surface area (Å²) in [7, 11) is 0. The third kappa shape index (κ3) is 3.88. The van der Waals surface area contributed by atoms with E-state index >= 15 is 0 Å². The van der Waals surface area contributed by atoms with Crippen molar-refractivity contribution in [3.05, 3.63) is 29.3 Å². The van der Waals surface area contributed by atoms with Gasteiger partial charge in [0.25, 0.3) is 0 Å². The SMILES string of the molecule is Cl.NC1C2CCCC1CC(C(=O)Nc1nnc(-c3ccccc3Cl)s1)C2. The molecular formula is C18H22Cl2N4OS. The minimum Gasteiger partial charge on any atom is -0.327 e.